The Morgan fingerprint density at radius 2 is 2.54 bits per heavy atom. The van der Waals surface area contributed by atoms with Gasteiger partial charge in [-0.3, -0.25) is 9.48 Å². The fourth-order valence-corrected chi connectivity index (χ4v) is 1.45. The third kappa shape index (κ3) is 2.28. The second-order valence-electron chi connectivity index (χ2n) is 2.44. The van der Waals surface area contributed by atoms with Crippen molar-refractivity contribution in [3.8, 4) is 0 Å². The highest BCUT2D eigenvalue weighted by atomic mass is 79.9. The minimum atomic E-state index is -0.249. The average molecular weight is 248 g/mol. The summed E-state index contributed by atoms with van der Waals surface area (Å²) in [6.45, 7) is 0.178. The molecule has 0 bridgehead atoms. The first kappa shape index (κ1) is 10.2. The van der Waals surface area contributed by atoms with Gasteiger partial charge < -0.3 is 10.4 Å². The number of aryl methyl sites for hydroxylation is 1. The van der Waals surface area contributed by atoms with Gasteiger partial charge >= 0.3 is 0 Å². The van der Waals surface area contributed by atoms with Crippen LogP contribution >= 0.6 is 15.9 Å². The Kier molecular flexibility index (Phi) is 3.44. The van der Waals surface area contributed by atoms with E-state index in [2.05, 4.69) is 26.3 Å². The van der Waals surface area contributed by atoms with E-state index < -0.39 is 0 Å². The van der Waals surface area contributed by atoms with E-state index in [1.165, 1.54) is 4.68 Å². The number of aromatic nitrogens is 2. The summed E-state index contributed by atoms with van der Waals surface area (Å²) in [7, 11) is 1.68. The van der Waals surface area contributed by atoms with Crippen LogP contribution in [0.3, 0.4) is 0 Å². The van der Waals surface area contributed by atoms with Crippen molar-refractivity contribution in [1.29, 1.82) is 0 Å². The van der Waals surface area contributed by atoms with Crippen molar-refractivity contribution in [3.05, 3.63) is 16.4 Å². The Bertz CT molecular complexity index is 291. The molecule has 6 heteroatoms. The number of carbonyl (C=O) groups excluding carboxylic acids is 1. The predicted octanol–water partition coefficient (Wildman–Crippen LogP) is -0.0953. The van der Waals surface area contributed by atoms with Crippen molar-refractivity contribution in [2.24, 2.45) is 7.05 Å². The van der Waals surface area contributed by atoms with Crippen molar-refractivity contribution in [2.75, 3.05) is 13.2 Å². The summed E-state index contributed by atoms with van der Waals surface area (Å²) in [6.07, 6.45) is 1.55. The molecule has 1 rings (SSSR count). The number of amides is 1. The zero-order valence-corrected chi connectivity index (χ0v) is 8.71. The molecule has 0 aliphatic carbocycles. The van der Waals surface area contributed by atoms with Gasteiger partial charge in [0.25, 0.3) is 5.91 Å². The van der Waals surface area contributed by atoms with Crippen molar-refractivity contribution >= 4 is 21.8 Å². The molecule has 1 aromatic heterocycles. The summed E-state index contributed by atoms with van der Waals surface area (Å²) in [5.41, 5.74) is 0.452. The van der Waals surface area contributed by atoms with E-state index in [1.54, 1.807) is 13.2 Å². The van der Waals surface area contributed by atoms with Crippen LogP contribution < -0.4 is 5.32 Å². The van der Waals surface area contributed by atoms with Crippen LogP contribution in [0.15, 0.2) is 10.7 Å². The van der Waals surface area contributed by atoms with Crippen molar-refractivity contribution < 1.29 is 9.90 Å². The zero-order chi connectivity index (χ0) is 9.84. The molecular formula is C7H10BrN3O2. The molecule has 0 spiro atoms. The van der Waals surface area contributed by atoms with E-state index in [0.717, 1.165) is 0 Å². The Morgan fingerprint density at radius 3 is 3.00 bits per heavy atom. The second kappa shape index (κ2) is 4.38. The van der Waals surface area contributed by atoms with E-state index in [4.69, 9.17) is 5.11 Å². The number of nitrogens with one attached hydrogen (secondary N) is 1. The van der Waals surface area contributed by atoms with Crippen molar-refractivity contribution in [1.82, 2.24) is 15.1 Å². The van der Waals surface area contributed by atoms with E-state index in [0.29, 0.717) is 10.2 Å². The molecule has 0 atom stereocenters. The van der Waals surface area contributed by atoms with Crippen molar-refractivity contribution in [2.45, 2.75) is 0 Å². The molecule has 0 aliphatic heterocycles. The summed E-state index contributed by atoms with van der Waals surface area (Å²) in [5, 5.41) is 14.9. The maximum absolute atomic E-state index is 11.4. The van der Waals surface area contributed by atoms with Gasteiger partial charge in [0.1, 0.15) is 5.69 Å². The van der Waals surface area contributed by atoms with Crippen LogP contribution in [0.25, 0.3) is 0 Å². The first-order valence-electron chi connectivity index (χ1n) is 3.73. The lowest BCUT2D eigenvalue weighted by Crippen LogP contribution is -2.28. The minimum Gasteiger partial charge on any atom is -0.395 e. The molecule has 0 aromatic carbocycles. The van der Waals surface area contributed by atoms with Gasteiger partial charge in [0.15, 0.2) is 0 Å². The molecule has 13 heavy (non-hydrogen) atoms. The monoisotopic (exact) mass is 247 g/mol. The number of aliphatic hydroxyl groups is 1. The van der Waals surface area contributed by atoms with Gasteiger partial charge in [-0.1, -0.05) is 0 Å². The normalized spacial score (nSPS) is 10.1. The number of halogens is 1. The molecule has 1 amide bonds. The highest BCUT2D eigenvalue weighted by Gasteiger charge is 2.13. The Hall–Kier alpha value is -0.880. The first-order chi connectivity index (χ1) is 6.16. The molecule has 1 aromatic rings. The minimum absolute atomic E-state index is 0.0682. The molecule has 0 saturated heterocycles. The fraction of sp³-hybridized carbons (Fsp3) is 0.429. The third-order valence-electron chi connectivity index (χ3n) is 1.51. The molecule has 0 radical (unpaired) electrons. The quantitative estimate of drug-likeness (QED) is 0.785. The fourth-order valence-electron chi connectivity index (χ4n) is 0.919. The Balaban J connectivity index is 2.76. The molecule has 1 heterocycles. The molecule has 5 nitrogen and oxygen atoms in total. The maximum atomic E-state index is 11.4. The van der Waals surface area contributed by atoms with Crippen LogP contribution in [0.2, 0.25) is 0 Å². The highest BCUT2D eigenvalue weighted by molar-refractivity contribution is 9.10. The smallest absolute Gasteiger partial charge is 0.270 e. The van der Waals surface area contributed by atoms with Gasteiger partial charge in [-0.05, 0) is 15.9 Å². The number of carbonyl (C=O) groups is 1. The lowest BCUT2D eigenvalue weighted by atomic mass is 10.4. The molecule has 0 saturated carbocycles. The van der Waals surface area contributed by atoms with E-state index in [1.807, 2.05) is 0 Å². The van der Waals surface area contributed by atoms with E-state index >= 15 is 0 Å². The van der Waals surface area contributed by atoms with Crippen LogP contribution in [0.5, 0.6) is 0 Å². The summed E-state index contributed by atoms with van der Waals surface area (Å²) in [6, 6.07) is 0. The molecule has 2 N–H and O–H groups in total. The topological polar surface area (TPSA) is 67.2 Å². The number of nitrogens with zero attached hydrogens (tertiary/aromatic N) is 2. The summed E-state index contributed by atoms with van der Waals surface area (Å²) < 4.78 is 2.11. The molecule has 0 aliphatic rings. The lowest BCUT2D eigenvalue weighted by Gasteiger charge is -2.03. The summed E-state index contributed by atoms with van der Waals surface area (Å²) in [4.78, 5) is 11.4. The van der Waals surface area contributed by atoms with Gasteiger partial charge in [0.05, 0.1) is 17.3 Å². The molecule has 0 fully saturated rings. The summed E-state index contributed by atoms with van der Waals surface area (Å²) >= 11 is 3.20. The van der Waals surface area contributed by atoms with Crippen LogP contribution in [0.1, 0.15) is 10.5 Å². The van der Waals surface area contributed by atoms with Gasteiger partial charge in [-0.25, -0.2) is 0 Å². The Labute approximate surface area is 83.9 Å². The lowest BCUT2D eigenvalue weighted by molar-refractivity contribution is 0.0934. The van der Waals surface area contributed by atoms with Crippen molar-refractivity contribution in [3.63, 3.8) is 0 Å². The third-order valence-corrected chi connectivity index (χ3v) is 2.09. The molecule has 72 valence electrons. The summed E-state index contributed by atoms with van der Waals surface area (Å²) in [5.74, 6) is -0.249. The van der Waals surface area contributed by atoms with Gasteiger partial charge in [0, 0.05) is 13.6 Å². The van der Waals surface area contributed by atoms with Gasteiger partial charge in [0.2, 0.25) is 0 Å². The number of aliphatic hydroxyl groups excluding tert-OH is 1. The standard InChI is InChI=1S/C7H10BrN3O2/c1-11-6(5(8)4-10-11)7(13)9-2-3-12/h4,12H,2-3H2,1H3,(H,9,13). The SMILES string of the molecule is Cn1ncc(Br)c1C(=O)NCCO. The zero-order valence-electron chi connectivity index (χ0n) is 7.12. The second-order valence-corrected chi connectivity index (χ2v) is 3.30. The van der Waals surface area contributed by atoms with E-state index in [-0.39, 0.29) is 19.1 Å². The van der Waals surface area contributed by atoms with Crippen LogP contribution in [0, 0.1) is 0 Å². The van der Waals surface area contributed by atoms with Gasteiger partial charge in [-0.2, -0.15) is 5.10 Å². The largest absolute Gasteiger partial charge is 0.395 e. The molecule has 0 unspecified atom stereocenters. The Morgan fingerprint density at radius 1 is 1.85 bits per heavy atom. The first-order valence-corrected chi connectivity index (χ1v) is 4.52. The average Bonchev–Trinajstić information content (AvgIpc) is 2.42. The highest BCUT2D eigenvalue weighted by Crippen LogP contribution is 2.14. The maximum Gasteiger partial charge on any atom is 0.270 e. The van der Waals surface area contributed by atoms with Gasteiger partial charge in [-0.15, -0.1) is 0 Å². The van der Waals surface area contributed by atoms with E-state index in [9.17, 15) is 4.79 Å². The van der Waals surface area contributed by atoms with Crippen LogP contribution in [-0.2, 0) is 7.05 Å². The molecular weight excluding hydrogens is 238 g/mol. The number of hydrogen-bond acceptors (Lipinski definition) is 3. The number of rotatable bonds is 3. The predicted molar refractivity (Wildman–Crippen MR) is 50.3 cm³/mol. The number of hydrogen-bond donors (Lipinski definition) is 2. The van der Waals surface area contributed by atoms with Crippen LogP contribution in [-0.4, -0.2) is 33.9 Å². The van der Waals surface area contributed by atoms with Crippen LogP contribution in [0.4, 0.5) is 0 Å².